The fraction of sp³-hybridized carbons (Fsp3) is 0.571. The maximum Gasteiger partial charge on any atom is 0.241 e. The van der Waals surface area contributed by atoms with E-state index < -0.39 is 10.0 Å². The second kappa shape index (κ2) is 5.23. The van der Waals surface area contributed by atoms with E-state index in [-0.39, 0.29) is 6.04 Å². The van der Waals surface area contributed by atoms with Gasteiger partial charge in [0.05, 0.1) is 4.90 Å². The van der Waals surface area contributed by atoms with Crippen LogP contribution in [0.15, 0.2) is 11.0 Å². The van der Waals surface area contributed by atoms with E-state index in [9.17, 15) is 8.42 Å². The fourth-order valence-electron chi connectivity index (χ4n) is 2.62. The van der Waals surface area contributed by atoms with Gasteiger partial charge in [-0.3, -0.25) is 0 Å². The number of benzene rings is 1. The number of hydrogen-bond donors (Lipinski definition) is 2. The van der Waals surface area contributed by atoms with Crippen LogP contribution in [0.25, 0.3) is 0 Å². The van der Waals surface area contributed by atoms with Crippen molar-refractivity contribution in [1.29, 1.82) is 0 Å². The summed E-state index contributed by atoms with van der Waals surface area (Å²) in [6.45, 7) is 9.25. The summed E-state index contributed by atoms with van der Waals surface area (Å²) in [5.74, 6) is 0. The summed E-state index contributed by atoms with van der Waals surface area (Å²) in [5.41, 5.74) is 3.74. The van der Waals surface area contributed by atoms with Crippen LogP contribution in [0.1, 0.15) is 28.7 Å². The monoisotopic (exact) mass is 282 g/mol. The molecule has 4 nitrogen and oxygen atoms in total. The molecule has 0 bridgehead atoms. The Morgan fingerprint density at radius 2 is 1.74 bits per heavy atom. The third-order valence-electron chi connectivity index (χ3n) is 3.95. The zero-order chi connectivity index (χ0) is 14.2. The average Bonchev–Trinajstić information content (AvgIpc) is 2.78. The lowest BCUT2D eigenvalue weighted by molar-refractivity contribution is 0.558. The van der Waals surface area contributed by atoms with Gasteiger partial charge in [-0.05, 0) is 62.9 Å². The zero-order valence-electron chi connectivity index (χ0n) is 12.0. The molecule has 1 fully saturated rings. The highest BCUT2D eigenvalue weighted by molar-refractivity contribution is 7.89. The van der Waals surface area contributed by atoms with Gasteiger partial charge in [-0.15, -0.1) is 0 Å². The van der Waals surface area contributed by atoms with E-state index in [1.165, 1.54) is 0 Å². The Bertz CT molecular complexity index is 562. The van der Waals surface area contributed by atoms with E-state index in [0.717, 1.165) is 35.2 Å². The molecule has 0 amide bonds. The molecule has 1 saturated heterocycles. The molecule has 5 heteroatoms. The Kier molecular flexibility index (Phi) is 3.99. The van der Waals surface area contributed by atoms with Crippen molar-refractivity contribution >= 4 is 10.0 Å². The first-order valence-corrected chi connectivity index (χ1v) is 8.11. The topological polar surface area (TPSA) is 58.2 Å². The number of sulfonamides is 1. The number of aryl methyl sites for hydroxylation is 2. The molecule has 0 spiro atoms. The van der Waals surface area contributed by atoms with Crippen LogP contribution in [0.3, 0.4) is 0 Å². The summed E-state index contributed by atoms with van der Waals surface area (Å²) in [7, 11) is -3.44. The number of rotatable bonds is 3. The second-order valence-corrected chi connectivity index (χ2v) is 7.05. The lowest BCUT2D eigenvalue weighted by Gasteiger charge is -2.18. The summed E-state index contributed by atoms with van der Waals surface area (Å²) >= 11 is 0. The van der Waals surface area contributed by atoms with Crippen molar-refractivity contribution in [1.82, 2.24) is 10.0 Å². The normalized spacial score (nSPS) is 19.9. The molecule has 1 aromatic carbocycles. The summed E-state index contributed by atoms with van der Waals surface area (Å²) in [4.78, 5) is 0.455. The molecule has 0 saturated carbocycles. The predicted octanol–water partition coefficient (Wildman–Crippen LogP) is 1.56. The van der Waals surface area contributed by atoms with Crippen LogP contribution in [-0.4, -0.2) is 27.5 Å². The highest BCUT2D eigenvalue weighted by Crippen LogP contribution is 2.26. The maximum atomic E-state index is 12.6. The highest BCUT2D eigenvalue weighted by atomic mass is 32.2. The third-order valence-corrected chi connectivity index (χ3v) is 5.74. The van der Waals surface area contributed by atoms with Gasteiger partial charge in [0, 0.05) is 12.6 Å². The first-order valence-electron chi connectivity index (χ1n) is 6.63. The van der Waals surface area contributed by atoms with Gasteiger partial charge in [-0.2, -0.15) is 0 Å². The van der Waals surface area contributed by atoms with Gasteiger partial charge in [0.2, 0.25) is 10.0 Å². The largest absolute Gasteiger partial charge is 0.315 e. The van der Waals surface area contributed by atoms with Crippen LogP contribution in [0.2, 0.25) is 0 Å². The molecule has 2 N–H and O–H groups in total. The third kappa shape index (κ3) is 2.83. The molecule has 1 atom stereocenters. The average molecular weight is 282 g/mol. The van der Waals surface area contributed by atoms with Crippen molar-refractivity contribution in [3.63, 3.8) is 0 Å². The highest BCUT2D eigenvalue weighted by Gasteiger charge is 2.26. The summed E-state index contributed by atoms with van der Waals surface area (Å²) < 4.78 is 28.0. The minimum Gasteiger partial charge on any atom is -0.315 e. The molecule has 1 heterocycles. The Morgan fingerprint density at radius 1 is 1.16 bits per heavy atom. The molecule has 0 radical (unpaired) electrons. The zero-order valence-corrected chi connectivity index (χ0v) is 12.8. The molecule has 19 heavy (non-hydrogen) atoms. The van der Waals surface area contributed by atoms with Crippen LogP contribution >= 0.6 is 0 Å². The molecular formula is C14H22N2O2S. The molecule has 0 aromatic heterocycles. The number of nitrogens with one attached hydrogen (secondary N) is 2. The van der Waals surface area contributed by atoms with E-state index in [2.05, 4.69) is 10.0 Å². The van der Waals surface area contributed by atoms with Gasteiger partial charge in [0.15, 0.2) is 0 Å². The van der Waals surface area contributed by atoms with E-state index in [0.29, 0.717) is 11.4 Å². The number of hydrogen-bond acceptors (Lipinski definition) is 3. The SMILES string of the molecule is Cc1cc(C)c(C)c(S(=O)(=O)N[C@H]2CCNC2)c1C. The molecule has 0 unspecified atom stereocenters. The van der Waals surface area contributed by atoms with Crippen molar-refractivity contribution in [2.75, 3.05) is 13.1 Å². The summed E-state index contributed by atoms with van der Waals surface area (Å²) in [6.07, 6.45) is 0.849. The lowest BCUT2D eigenvalue weighted by atomic mass is 10.0. The standard InChI is InChI=1S/C14H22N2O2S/c1-9-7-10(2)12(4)14(11(9)3)19(17,18)16-13-5-6-15-8-13/h7,13,15-16H,5-6,8H2,1-4H3/t13-/m0/s1. The molecule has 2 rings (SSSR count). The van der Waals surface area contributed by atoms with Crippen molar-refractivity contribution in [2.45, 2.75) is 45.1 Å². The molecule has 1 aromatic rings. The Balaban J connectivity index is 2.45. The predicted molar refractivity (Wildman–Crippen MR) is 77.0 cm³/mol. The molecule has 1 aliphatic rings. The maximum absolute atomic E-state index is 12.6. The van der Waals surface area contributed by atoms with Crippen LogP contribution < -0.4 is 10.0 Å². The molecule has 106 valence electrons. The van der Waals surface area contributed by atoms with Crippen LogP contribution in [-0.2, 0) is 10.0 Å². The fourth-order valence-corrected chi connectivity index (χ4v) is 4.50. The van der Waals surface area contributed by atoms with Gasteiger partial charge in [0.1, 0.15) is 0 Å². The first-order chi connectivity index (χ1) is 8.83. The first kappa shape index (κ1) is 14.5. The lowest BCUT2D eigenvalue weighted by Crippen LogP contribution is -2.37. The minimum absolute atomic E-state index is 0.00428. The molecule has 0 aliphatic carbocycles. The van der Waals surface area contributed by atoms with Crippen molar-refractivity contribution in [3.05, 3.63) is 28.3 Å². The Morgan fingerprint density at radius 3 is 2.21 bits per heavy atom. The summed E-state index contributed by atoms with van der Waals surface area (Å²) in [5, 5.41) is 3.17. The van der Waals surface area contributed by atoms with Gasteiger partial charge in [-0.1, -0.05) is 6.07 Å². The molecule has 1 aliphatic heterocycles. The summed E-state index contributed by atoms with van der Waals surface area (Å²) in [6, 6.07) is 2.05. The van der Waals surface area contributed by atoms with Gasteiger partial charge >= 0.3 is 0 Å². The smallest absolute Gasteiger partial charge is 0.241 e. The molecular weight excluding hydrogens is 260 g/mol. The second-order valence-electron chi connectivity index (χ2n) is 5.40. The minimum atomic E-state index is -3.44. The Labute approximate surface area is 115 Å². The van der Waals surface area contributed by atoms with Crippen molar-refractivity contribution in [3.8, 4) is 0 Å². The Hall–Kier alpha value is -0.910. The van der Waals surface area contributed by atoms with Gasteiger partial charge in [0.25, 0.3) is 0 Å². The van der Waals surface area contributed by atoms with E-state index in [4.69, 9.17) is 0 Å². The van der Waals surface area contributed by atoms with Crippen LogP contribution in [0.4, 0.5) is 0 Å². The van der Waals surface area contributed by atoms with Gasteiger partial charge in [-0.25, -0.2) is 13.1 Å². The van der Waals surface area contributed by atoms with Crippen LogP contribution in [0, 0.1) is 27.7 Å². The van der Waals surface area contributed by atoms with E-state index in [1.807, 2.05) is 33.8 Å². The van der Waals surface area contributed by atoms with Crippen molar-refractivity contribution < 1.29 is 8.42 Å². The van der Waals surface area contributed by atoms with Gasteiger partial charge < -0.3 is 5.32 Å². The van der Waals surface area contributed by atoms with E-state index >= 15 is 0 Å². The van der Waals surface area contributed by atoms with Crippen molar-refractivity contribution in [2.24, 2.45) is 0 Å². The quantitative estimate of drug-likeness (QED) is 0.884. The van der Waals surface area contributed by atoms with Crippen LogP contribution in [0.5, 0.6) is 0 Å². The van der Waals surface area contributed by atoms with E-state index in [1.54, 1.807) is 0 Å².